The Hall–Kier alpha value is -3.94. The van der Waals surface area contributed by atoms with Gasteiger partial charge in [-0.2, -0.15) is 5.10 Å². The molecule has 0 atom stereocenters. The van der Waals surface area contributed by atoms with Gasteiger partial charge in [-0.15, -0.1) is 0 Å². The number of rotatable bonds is 5. The third kappa shape index (κ3) is 3.59. The minimum absolute atomic E-state index is 0.00561. The Balaban J connectivity index is 1.74. The van der Waals surface area contributed by atoms with Crippen molar-refractivity contribution in [1.82, 2.24) is 9.99 Å². The summed E-state index contributed by atoms with van der Waals surface area (Å²) in [5.74, 6) is -0.665. The standard InChI is InChI=1S/C18H14N4O4/c23-17-6-2-1-5-16(17)18(24)20-19-12-15-4-3-11-21(15)13-7-9-14(10-8-13)22(25)26/h1-12,23H,(H,20,24)/b19-12-. The van der Waals surface area contributed by atoms with E-state index in [9.17, 15) is 20.0 Å². The maximum Gasteiger partial charge on any atom is 0.275 e. The first-order chi connectivity index (χ1) is 12.6. The molecule has 0 aliphatic heterocycles. The van der Waals surface area contributed by atoms with Crippen molar-refractivity contribution in [3.8, 4) is 11.4 Å². The first-order valence-electron chi connectivity index (χ1n) is 7.60. The number of nitrogens with zero attached hydrogens (tertiary/aromatic N) is 3. The molecular weight excluding hydrogens is 336 g/mol. The van der Waals surface area contributed by atoms with Crippen molar-refractivity contribution < 1.29 is 14.8 Å². The summed E-state index contributed by atoms with van der Waals surface area (Å²) in [7, 11) is 0. The van der Waals surface area contributed by atoms with Crippen LogP contribution in [0, 0.1) is 10.1 Å². The zero-order valence-corrected chi connectivity index (χ0v) is 13.4. The van der Waals surface area contributed by atoms with Gasteiger partial charge in [0.1, 0.15) is 5.75 Å². The van der Waals surface area contributed by atoms with Gasteiger partial charge in [0.2, 0.25) is 0 Å². The number of nitro groups is 1. The highest BCUT2D eigenvalue weighted by molar-refractivity contribution is 5.97. The number of amides is 1. The van der Waals surface area contributed by atoms with Crippen LogP contribution in [0.25, 0.3) is 5.69 Å². The summed E-state index contributed by atoms with van der Waals surface area (Å²) in [6.07, 6.45) is 3.21. The van der Waals surface area contributed by atoms with E-state index in [1.165, 1.54) is 30.5 Å². The highest BCUT2D eigenvalue weighted by atomic mass is 16.6. The molecule has 3 aromatic rings. The smallest absolute Gasteiger partial charge is 0.275 e. The van der Waals surface area contributed by atoms with E-state index in [0.29, 0.717) is 11.4 Å². The quantitative estimate of drug-likeness (QED) is 0.419. The monoisotopic (exact) mass is 350 g/mol. The van der Waals surface area contributed by atoms with Crippen molar-refractivity contribution in [2.24, 2.45) is 5.10 Å². The molecule has 0 saturated carbocycles. The molecule has 2 aromatic carbocycles. The van der Waals surface area contributed by atoms with Crippen molar-refractivity contribution in [2.45, 2.75) is 0 Å². The van der Waals surface area contributed by atoms with Crippen molar-refractivity contribution in [3.05, 3.63) is 88.2 Å². The third-order valence-electron chi connectivity index (χ3n) is 3.63. The van der Waals surface area contributed by atoms with E-state index in [1.807, 2.05) is 0 Å². The van der Waals surface area contributed by atoms with Gasteiger partial charge < -0.3 is 9.67 Å². The lowest BCUT2D eigenvalue weighted by atomic mass is 10.2. The second kappa shape index (κ2) is 7.31. The molecule has 0 aliphatic rings. The van der Waals surface area contributed by atoms with Gasteiger partial charge in [-0.1, -0.05) is 12.1 Å². The molecular formula is C18H14N4O4. The molecule has 0 radical (unpaired) electrons. The number of phenols is 1. The predicted molar refractivity (Wildman–Crippen MR) is 95.6 cm³/mol. The van der Waals surface area contributed by atoms with Gasteiger partial charge in [0.15, 0.2) is 0 Å². The van der Waals surface area contributed by atoms with Gasteiger partial charge in [-0.3, -0.25) is 14.9 Å². The largest absolute Gasteiger partial charge is 0.507 e. The number of hydrazone groups is 1. The Morgan fingerprint density at radius 2 is 1.85 bits per heavy atom. The molecule has 0 spiro atoms. The van der Waals surface area contributed by atoms with E-state index in [0.717, 1.165) is 0 Å². The number of para-hydroxylation sites is 1. The number of aromatic hydroxyl groups is 1. The highest BCUT2D eigenvalue weighted by Gasteiger charge is 2.09. The number of carbonyl (C=O) groups is 1. The van der Waals surface area contributed by atoms with Gasteiger partial charge in [0, 0.05) is 24.0 Å². The minimum Gasteiger partial charge on any atom is -0.507 e. The summed E-state index contributed by atoms with van der Waals surface area (Å²) >= 11 is 0. The lowest BCUT2D eigenvalue weighted by molar-refractivity contribution is -0.384. The van der Waals surface area contributed by atoms with Crippen molar-refractivity contribution in [3.63, 3.8) is 0 Å². The SMILES string of the molecule is O=C(N/N=C\c1cccn1-c1ccc([N+](=O)[O-])cc1)c1ccccc1O. The van der Waals surface area contributed by atoms with Crippen molar-refractivity contribution in [1.29, 1.82) is 0 Å². The third-order valence-corrected chi connectivity index (χ3v) is 3.63. The number of phenolic OH excluding ortho intramolecular Hbond substituents is 1. The molecule has 1 amide bonds. The van der Waals surface area contributed by atoms with Crippen molar-refractivity contribution >= 4 is 17.8 Å². The van der Waals surface area contributed by atoms with E-state index in [1.54, 1.807) is 47.2 Å². The van der Waals surface area contributed by atoms with E-state index >= 15 is 0 Å². The highest BCUT2D eigenvalue weighted by Crippen LogP contribution is 2.17. The predicted octanol–water partition coefficient (Wildman–Crippen LogP) is 2.86. The summed E-state index contributed by atoms with van der Waals surface area (Å²) in [6.45, 7) is 0. The molecule has 0 saturated heterocycles. The molecule has 3 rings (SSSR count). The zero-order chi connectivity index (χ0) is 18.5. The average molecular weight is 350 g/mol. The van der Waals surface area contributed by atoms with E-state index in [-0.39, 0.29) is 17.0 Å². The molecule has 1 heterocycles. The fourth-order valence-corrected chi connectivity index (χ4v) is 2.35. The molecule has 0 aliphatic carbocycles. The summed E-state index contributed by atoms with van der Waals surface area (Å²) in [5.41, 5.74) is 3.86. The fourth-order valence-electron chi connectivity index (χ4n) is 2.35. The number of hydrogen-bond donors (Lipinski definition) is 2. The van der Waals surface area contributed by atoms with E-state index < -0.39 is 10.8 Å². The molecule has 8 nitrogen and oxygen atoms in total. The molecule has 2 N–H and O–H groups in total. The van der Waals surface area contributed by atoms with Crippen LogP contribution in [0.3, 0.4) is 0 Å². The molecule has 0 bridgehead atoms. The second-order valence-electron chi connectivity index (χ2n) is 5.29. The Bertz CT molecular complexity index is 977. The Morgan fingerprint density at radius 3 is 2.54 bits per heavy atom. The van der Waals surface area contributed by atoms with Gasteiger partial charge in [-0.05, 0) is 36.4 Å². The Labute approximate surface area is 148 Å². The molecule has 0 unspecified atom stereocenters. The van der Waals surface area contributed by atoms with Crippen LogP contribution < -0.4 is 5.43 Å². The van der Waals surface area contributed by atoms with Crippen LogP contribution in [0.2, 0.25) is 0 Å². The van der Waals surface area contributed by atoms with E-state index in [4.69, 9.17) is 0 Å². The van der Waals surface area contributed by atoms with E-state index in [2.05, 4.69) is 10.5 Å². The maximum atomic E-state index is 12.0. The Kier molecular flexibility index (Phi) is 4.75. The lowest BCUT2D eigenvalue weighted by Gasteiger charge is -2.06. The number of non-ortho nitro benzene ring substituents is 1. The van der Waals surface area contributed by atoms with Crippen LogP contribution >= 0.6 is 0 Å². The van der Waals surface area contributed by atoms with Crippen LogP contribution in [-0.4, -0.2) is 26.7 Å². The zero-order valence-electron chi connectivity index (χ0n) is 13.4. The van der Waals surface area contributed by atoms with Crippen LogP contribution in [-0.2, 0) is 0 Å². The van der Waals surface area contributed by atoms with Crippen LogP contribution in [0.1, 0.15) is 16.1 Å². The molecule has 8 heteroatoms. The van der Waals surface area contributed by atoms with Gasteiger partial charge in [0.25, 0.3) is 11.6 Å². The second-order valence-corrected chi connectivity index (χ2v) is 5.29. The average Bonchev–Trinajstić information content (AvgIpc) is 3.10. The van der Waals surface area contributed by atoms with Crippen molar-refractivity contribution in [2.75, 3.05) is 0 Å². The maximum absolute atomic E-state index is 12.0. The number of nitrogens with one attached hydrogen (secondary N) is 1. The normalized spacial score (nSPS) is 10.8. The molecule has 0 fully saturated rings. The fraction of sp³-hybridized carbons (Fsp3) is 0. The minimum atomic E-state index is -0.534. The number of aromatic nitrogens is 1. The molecule has 1 aromatic heterocycles. The summed E-state index contributed by atoms with van der Waals surface area (Å²) in [4.78, 5) is 22.3. The summed E-state index contributed by atoms with van der Waals surface area (Å²) in [6, 6.07) is 15.8. The van der Waals surface area contributed by atoms with Gasteiger partial charge in [0.05, 0.1) is 22.4 Å². The lowest BCUT2D eigenvalue weighted by Crippen LogP contribution is -2.17. The van der Waals surface area contributed by atoms with Gasteiger partial charge in [-0.25, -0.2) is 5.43 Å². The van der Waals surface area contributed by atoms with Crippen LogP contribution in [0.4, 0.5) is 5.69 Å². The Morgan fingerprint density at radius 1 is 1.12 bits per heavy atom. The van der Waals surface area contributed by atoms with Gasteiger partial charge >= 0.3 is 0 Å². The van der Waals surface area contributed by atoms with Crippen LogP contribution in [0.5, 0.6) is 5.75 Å². The summed E-state index contributed by atoms with van der Waals surface area (Å²) < 4.78 is 1.76. The number of benzene rings is 2. The number of hydrogen-bond acceptors (Lipinski definition) is 5. The molecule has 26 heavy (non-hydrogen) atoms. The topological polar surface area (TPSA) is 110 Å². The number of nitro benzene ring substituents is 1. The first kappa shape index (κ1) is 16.9. The first-order valence-corrected chi connectivity index (χ1v) is 7.60. The summed E-state index contributed by atoms with van der Waals surface area (Å²) in [5, 5.41) is 24.3. The van der Waals surface area contributed by atoms with Crippen LogP contribution in [0.15, 0.2) is 72.0 Å². The number of carbonyl (C=O) groups excluding carboxylic acids is 1. The molecule has 130 valence electrons.